The summed E-state index contributed by atoms with van der Waals surface area (Å²) in [6, 6.07) is 17.8. The highest BCUT2D eigenvalue weighted by Gasteiger charge is 2.37. The van der Waals surface area contributed by atoms with Crippen LogP contribution in [0.2, 0.25) is 0 Å². The Balaban J connectivity index is 1.31. The molecule has 0 aliphatic carbocycles. The molecule has 182 valence electrons. The van der Waals surface area contributed by atoms with E-state index >= 15 is 0 Å². The van der Waals surface area contributed by atoms with Gasteiger partial charge in [0.2, 0.25) is 5.95 Å². The van der Waals surface area contributed by atoms with E-state index in [1.165, 1.54) is 4.80 Å². The number of hydrogen-bond donors (Lipinski definition) is 0. The molecule has 9 heteroatoms. The van der Waals surface area contributed by atoms with Gasteiger partial charge in [-0.05, 0) is 25.1 Å². The summed E-state index contributed by atoms with van der Waals surface area (Å²) < 4.78 is 6.00. The SMILES string of the molecule is Cc1ccc(-n2nccn2)c(C(=O)N2CC3COCC(C2)N(c2nccc(-c4ccccc4)n2)C3)c1. The normalized spacial score (nSPS) is 19.7. The number of aromatic nitrogens is 5. The third-order valence-corrected chi connectivity index (χ3v) is 6.74. The third kappa shape index (κ3) is 4.33. The molecule has 1 amide bonds. The molecule has 6 rings (SSSR count). The number of carbonyl (C=O) groups is 1. The van der Waals surface area contributed by atoms with E-state index in [0.29, 0.717) is 43.5 Å². The van der Waals surface area contributed by atoms with Crippen LogP contribution in [-0.2, 0) is 4.74 Å². The second-order valence-corrected chi connectivity index (χ2v) is 9.37. The van der Waals surface area contributed by atoms with Crippen molar-refractivity contribution in [3.05, 3.63) is 84.3 Å². The lowest BCUT2D eigenvalue weighted by atomic mass is 10.1. The Morgan fingerprint density at radius 1 is 0.944 bits per heavy atom. The highest BCUT2D eigenvalue weighted by molar-refractivity contribution is 5.98. The summed E-state index contributed by atoms with van der Waals surface area (Å²) >= 11 is 0. The Labute approximate surface area is 209 Å². The van der Waals surface area contributed by atoms with Crippen LogP contribution in [0.4, 0.5) is 5.95 Å². The van der Waals surface area contributed by atoms with E-state index in [-0.39, 0.29) is 17.9 Å². The summed E-state index contributed by atoms with van der Waals surface area (Å²) in [5.74, 6) is 0.786. The van der Waals surface area contributed by atoms with Crippen molar-refractivity contribution in [1.29, 1.82) is 0 Å². The molecule has 2 fully saturated rings. The molecule has 2 bridgehead atoms. The number of anilines is 1. The number of aryl methyl sites for hydroxylation is 1. The van der Waals surface area contributed by atoms with Gasteiger partial charge in [0.25, 0.3) is 5.91 Å². The van der Waals surface area contributed by atoms with Gasteiger partial charge in [-0.2, -0.15) is 15.0 Å². The monoisotopic (exact) mass is 481 g/mol. The minimum absolute atomic E-state index is 0.0243. The van der Waals surface area contributed by atoms with Crippen LogP contribution in [0.25, 0.3) is 16.9 Å². The average molecular weight is 482 g/mol. The van der Waals surface area contributed by atoms with E-state index in [1.807, 2.05) is 66.4 Å². The molecule has 4 heterocycles. The zero-order valence-corrected chi connectivity index (χ0v) is 20.1. The van der Waals surface area contributed by atoms with Gasteiger partial charge in [0.05, 0.1) is 48.6 Å². The van der Waals surface area contributed by atoms with Gasteiger partial charge in [0, 0.05) is 37.3 Å². The van der Waals surface area contributed by atoms with Gasteiger partial charge in [0.1, 0.15) is 0 Å². The van der Waals surface area contributed by atoms with Crippen LogP contribution in [0.3, 0.4) is 0 Å². The second-order valence-electron chi connectivity index (χ2n) is 9.37. The van der Waals surface area contributed by atoms with E-state index < -0.39 is 0 Å². The van der Waals surface area contributed by atoms with Gasteiger partial charge < -0.3 is 14.5 Å². The van der Waals surface area contributed by atoms with Crippen LogP contribution in [0, 0.1) is 12.8 Å². The Morgan fingerprint density at radius 2 is 1.78 bits per heavy atom. The van der Waals surface area contributed by atoms with Crippen molar-refractivity contribution in [2.45, 2.75) is 13.0 Å². The average Bonchev–Trinajstić information content (AvgIpc) is 3.28. The number of ether oxygens (including phenoxy) is 1. The van der Waals surface area contributed by atoms with Gasteiger partial charge in [-0.25, -0.2) is 9.97 Å². The van der Waals surface area contributed by atoms with Gasteiger partial charge in [-0.3, -0.25) is 4.79 Å². The molecular formula is C27H27N7O2. The Morgan fingerprint density at radius 3 is 2.61 bits per heavy atom. The summed E-state index contributed by atoms with van der Waals surface area (Å²) in [6.07, 6.45) is 5.03. The first-order chi connectivity index (χ1) is 17.7. The molecule has 2 aromatic heterocycles. The second kappa shape index (κ2) is 9.50. The predicted molar refractivity (Wildman–Crippen MR) is 135 cm³/mol. The molecule has 2 aromatic carbocycles. The van der Waals surface area contributed by atoms with Crippen molar-refractivity contribution >= 4 is 11.9 Å². The lowest BCUT2D eigenvalue weighted by Gasteiger charge is -2.31. The number of rotatable bonds is 4. The van der Waals surface area contributed by atoms with E-state index in [1.54, 1.807) is 18.6 Å². The van der Waals surface area contributed by atoms with E-state index in [2.05, 4.69) is 20.1 Å². The van der Waals surface area contributed by atoms with Crippen LogP contribution in [0.5, 0.6) is 0 Å². The molecule has 4 aromatic rings. The van der Waals surface area contributed by atoms with Crippen LogP contribution < -0.4 is 4.90 Å². The lowest BCUT2D eigenvalue weighted by Crippen LogP contribution is -2.46. The number of hydrogen-bond acceptors (Lipinski definition) is 7. The summed E-state index contributed by atoms with van der Waals surface area (Å²) in [5.41, 5.74) is 4.22. The number of nitrogens with zero attached hydrogens (tertiary/aromatic N) is 7. The standard InChI is InChI=1S/C27H27N7O2/c1-19-7-8-25(34-29-11-12-30-34)23(13-19)26(35)32-14-20-15-33(22(16-32)18-36-17-20)27-28-10-9-24(31-27)21-5-3-2-4-6-21/h2-13,20,22H,14-18H2,1H3. The van der Waals surface area contributed by atoms with Crippen molar-refractivity contribution in [2.24, 2.45) is 5.92 Å². The summed E-state index contributed by atoms with van der Waals surface area (Å²) in [4.78, 5) is 29.1. The van der Waals surface area contributed by atoms with Crippen molar-refractivity contribution in [3.63, 3.8) is 0 Å². The quantitative estimate of drug-likeness (QED) is 0.443. The highest BCUT2D eigenvalue weighted by atomic mass is 16.5. The molecule has 0 radical (unpaired) electrons. The molecule has 36 heavy (non-hydrogen) atoms. The highest BCUT2D eigenvalue weighted by Crippen LogP contribution is 2.27. The van der Waals surface area contributed by atoms with Crippen molar-refractivity contribution in [1.82, 2.24) is 29.9 Å². The molecule has 2 saturated heterocycles. The molecular weight excluding hydrogens is 454 g/mol. The lowest BCUT2D eigenvalue weighted by molar-refractivity contribution is 0.0496. The molecule has 0 saturated carbocycles. The maximum Gasteiger partial charge on any atom is 0.256 e. The molecule has 2 aliphatic heterocycles. The summed E-state index contributed by atoms with van der Waals surface area (Å²) in [6.45, 7) is 4.95. The molecule has 2 unspecified atom stereocenters. The Hall–Kier alpha value is -4.11. The largest absolute Gasteiger partial charge is 0.379 e. The molecule has 2 atom stereocenters. The van der Waals surface area contributed by atoms with Crippen LogP contribution in [0.1, 0.15) is 15.9 Å². The number of benzene rings is 2. The number of carbonyl (C=O) groups excluding carboxylic acids is 1. The zero-order valence-electron chi connectivity index (χ0n) is 20.1. The van der Waals surface area contributed by atoms with Crippen molar-refractivity contribution in [2.75, 3.05) is 37.7 Å². The molecule has 0 spiro atoms. The predicted octanol–water partition coefficient (Wildman–Crippen LogP) is 3.01. The zero-order chi connectivity index (χ0) is 24.5. The van der Waals surface area contributed by atoms with Crippen LogP contribution in [0.15, 0.2) is 73.2 Å². The Kier molecular flexibility index (Phi) is 5.90. The summed E-state index contributed by atoms with van der Waals surface area (Å²) in [5, 5.41) is 8.51. The van der Waals surface area contributed by atoms with Crippen molar-refractivity contribution in [3.8, 4) is 16.9 Å². The number of amides is 1. The first-order valence-corrected chi connectivity index (χ1v) is 12.1. The molecule has 2 aliphatic rings. The smallest absolute Gasteiger partial charge is 0.256 e. The Bertz CT molecular complexity index is 1360. The molecule has 0 N–H and O–H groups in total. The fourth-order valence-electron chi connectivity index (χ4n) is 5.02. The topological polar surface area (TPSA) is 89.3 Å². The van der Waals surface area contributed by atoms with Gasteiger partial charge >= 0.3 is 0 Å². The van der Waals surface area contributed by atoms with Gasteiger partial charge in [0.15, 0.2) is 0 Å². The summed E-state index contributed by atoms with van der Waals surface area (Å²) in [7, 11) is 0. The van der Waals surface area contributed by atoms with E-state index in [0.717, 1.165) is 23.4 Å². The first-order valence-electron chi connectivity index (χ1n) is 12.1. The van der Waals surface area contributed by atoms with Gasteiger partial charge in [-0.1, -0.05) is 42.0 Å². The minimum Gasteiger partial charge on any atom is -0.379 e. The van der Waals surface area contributed by atoms with E-state index in [9.17, 15) is 4.79 Å². The van der Waals surface area contributed by atoms with Crippen LogP contribution in [-0.4, -0.2) is 74.7 Å². The third-order valence-electron chi connectivity index (χ3n) is 6.74. The maximum atomic E-state index is 13.9. The fourth-order valence-corrected chi connectivity index (χ4v) is 5.02. The van der Waals surface area contributed by atoms with Crippen molar-refractivity contribution < 1.29 is 9.53 Å². The first kappa shape index (κ1) is 22.4. The minimum atomic E-state index is -0.0523. The van der Waals surface area contributed by atoms with Crippen LogP contribution >= 0.6 is 0 Å². The van der Waals surface area contributed by atoms with E-state index in [4.69, 9.17) is 9.72 Å². The number of fused-ring (bicyclic) bond motifs is 3. The van der Waals surface area contributed by atoms with Gasteiger partial charge in [-0.15, -0.1) is 0 Å². The maximum absolute atomic E-state index is 13.9. The molecule has 9 nitrogen and oxygen atoms in total. The fraction of sp³-hybridized carbons (Fsp3) is 0.296.